The average Bonchev–Trinajstić information content (AvgIpc) is 3.16. The zero-order chi connectivity index (χ0) is 23.8. The standard InChI is InChI=1S/C26H34N4O3/c1-6-17-27-26(31)30(19(3)7-2)18-23-24(20-11-9-8-10-12-20)28-29(4)25(23)33-22-15-13-21(32-5)14-16-22/h8-16,19H,6-7,17-18H2,1-5H3,(H,27,31)/t19-/m0/s1. The number of nitrogens with zero attached hydrogens (tertiary/aromatic N) is 3. The molecule has 7 nitrogen and oxygen atoms in total. The summed E-state index contributed by atoms with van der Waals surface area (Å²) in [5, 5.41) is 7.80. The van der Waals surface area contributed by atoms with Gasteiger partial charge < -0.3 is 19.7 Å². The molecule has 2 aromatic carbocycles. The number of aryl methyl sites for hydroxylation is 1. The maximum Gasteiger partial charge on any atom is 0.317 e. The van der Waals surface area contributed by atoms with Crippen LogP contribution < -0.4 is 14.8 Å². The van der Waals surface area contributed by atoms with Gasteiger partial charge in [-0.15, -0.1) is 0 Å². The van der Waals surface area contributed by atoms with Crippen LogP contribution in [-0.2, 0) is 13.6 Å². The highest BCUT2D eigenvalue weighted by Crippen LogP contribution is 2.35. The van der Waals surface area contributed by atoms with E-state index in [0.29, 0.717) is 24.7 Å². The molecule has 1 heterocycles. The third-order valence-corrected chi connectivity index (χ3v) is 5.65. The summed E-state index contributed by atoms with van der Waals surface area (Å²) in [5.41, 5.74) is 2.65. The molecule has 0 bridgehead atoms. The van der Waals surface area contributed by atoms with Crippen molar-refractivity contribution in [1.82, 2.24) is 20.0 Å². The molecule has 0 spiro atoms. The smallest absolute Gasteiger partial charge is 0.317 e. The Balaban J connectivity index is 2.04. The van der Waals surface area contributed by atoms with Gasteiger partial charge in [0.05, 0.1) is 19.2 Å². The molecular formula is C26H34N4O3. The van der Waals surface area contributed by atoms with E-state index in [2.05, 4.69) is 19.2 Å². The summed E-state index contributed by atoms with van der Waals surface area (Å²) in [4.78, 5) is 14.9. The molecule has 3 rings (SSSR count). The first-order chi connectivity index (χ1) is 16.0. The van der Waals surface area contributed by atoms with Gasteiger partial charge in [0.25, 0.3) is 0 Å². The Bertz CT molecular complexity index is 1030. The van der Waals surface area contributed by atoms with Crippen LogP contribution in [-0.4, -0.2) is 40.4 Å². The fraction of sp³-hybridized carbons (Fsp3) is 0.385. The summed E-state index contributed by atoms with van der Waals surface area (Å²) < 4.78 is 13.3. The molecule has 0 fully saturated rings. The van der Waals surface area contributed by atoms with E-state index in [1.54, 1.807) is 11.8 Å². The molecule has 3 aromatic rings. The maximum absolute atomic E-state index is 13.0. The fourth-order valence-electron chi connectivity index (χ4n) is 3.56. The predicted molar refractivity (Wildman–Crippen MR) is 131 cm³/mol. The van der Waals surface area contributed by atoms with Crippen LogP contribution in [0.5, 0.6) is 17.4 Å². The monoisotopic (exact) mass is 450 g/mol. The van der Waals surface area contributed by atoms with Gasteiger partial charge in [-0.05, 0) is 44.0 Å². The Morgan fingerprint density at radius 1 is 1.09 bits per heavy atom. The van der Waals surface area contributed by atoms with E-state index in [-0.39, 0.29) is 12.1 Å². The number of ether oxygens (including phenoxy) is 2. The Labute approximate surface area is 196 Å². The zero-order valence-corrected chi connectivity index (χ0v) is 20.2. The number of carbonyl (C=O) groups is 1. The number of nitrogens with one attached hydrogen (secondary N) is 1. The number of methoxy groups -OCH3 is 1. The Hall–Kier alpha value is -3.48. The molecule has 1 N–H and O–H groups in total. The number of amides is 2. The Morgan fingerprint density at radius 2 is 1.76 bits per heavy atom. The molecule has 2 amide bonds. The van der Waals surface area contributed by atoms with Crippen LogP contribution in [0.3, 0.4) is 0 Å². The van der Waals surface area contributed by atoms with E-state index in [9.17, 15) is 4.79 Å². The molecule has 7 heteroatoms. The topological polar surface area (TPSA) is 68.6 Å². The summed E-state index contributed by atoms with van der Waals surface area (Å²) in [6.45, 7) is 7.21. The van der Waals surface area contributed by atoms with Gasteiger partial charge in [0.2, 0.25) is 5.88 Å². The van der Waals surface area contributed by atoms with E-state index >= 15 is 0 Å². The second-order valence-electron chi connectivity index (χ2n) is 8.02. The van der Waals surface area contributed by atoms with E-state index in [0.717, 1.165) is 35.4 Å². The lowest BCUT2D eigenvalue weighted by molar-refractivity contribution is 0.173. The maximum atomic E-state index is 13.0. The summed E-state index contributed by atoms with van der Waals surface area (Å²) in [7, 11) is 3.49. The largest absolute Gasteiger partial charge is 0.497 e. The van der Waals surface area contributed by atoms with E-state index < -0.39 is 0 Å². The van der Waals surface area contributed by atoms with Gasteiger partial charge in [-0.3, -0.25) is 0 Å². The number of rotatable bonds is 10. The van der Waals surface area contributed by atoms with Gasteiger partial charge in [0.15, 0.2) is 0 Å². The van der Waals surface area contributed by atoms with E-state index in [4.69, 9.17) is 14.6 Å². The Kier molecular flexibility index (Phi) is 8.35. The van der Waals surface area contributed by atoms with Crippen molar-refractivity contribution in [2.45, 2.75) is 46.2 Å². The average molecular weight is 451 g/mol. The predicted octanol–water partition coefficient (Wildman–Crippen LogP) is 5.61. The van der Waals surface area contributed by atoms with Crippen LogP contribution in [0.25, 0.3) is 11.3 Å². The van der Waals surface area contributed by atoms with Gasteiger partial charge in [-0.1, -0.05) is 44.2 Å². The number of benzene rings is 2. The van der Waals surface area contributed by atoms with Crippen LogP contribution in [0.1, 0.15) is 39.2 Å². The molecular weight excluding hydrogens is 416 g/mol. The summed E-state index contributed by atoms with van der Waals surface area (Å²) in [6.07, 6.45) is 1.73. The van der Waals surface area contributed by atoms with Crippen molar-refractivity contribution < 1.29 is 14.3 Å². The first kappa shape index (κ1) is 24.2. The highest BCUT2D eigenvalue weighted by Gasteiger charge is 2.26. The lowest BCUT2D eigenvalue weighted by Crippen LogP contribution is -2.44. The van der Waals surface area contributed by atoms with Crippen LogP contribution in [0, 0.1) is 0 Å². The molecule has 0 unspecified atom stereocenters. The minimum atomic E-state index is -0.0792. The summed E-state index contributed by atoms with van der Waals surface area (Å²) in [5.74, 6) is 2.04. The van der Waals surface area contributed by atoms with Crippen LogP contribution in [0.15, 0.2) is 54.6 Å². The third kappa shape index (κ3) is 5.86. The first-order valence-corrected chi connectivity index (χ1v) is 11.5. The lowest BCUT2D eigenvalue weighted by atomic mass is 10.1. The van der Waals surface area contributed by atoms with Crippen molar-refractivity contribution in [3.63, 3.8) is 0 Å². The van der Waals surface area contributed by atoms with Gasteiger partial charge in [0, 0.05) is 25.2 Å². The van der Waals surface area contributed by atoms with Gasteiger partial charge in [-0.2, -0.15) is 5.10 Å². The van der Waals surface area contributed by atoms with E-state index in [1.807, 2.05) is 73.5 Å². The minimum absolute atomic E-state index is 0.0551. The van der Waals surface area contributed by atoms with Crippen LogP contribution in [0.4, 0.5) is 4.79 Å². The second-order valence-corrected chi connectivity index (χ2v) is 8.02. The highest BCUT2D eigenvalue weighted by molar-refractivity contribution is 5.75. The van der Waals surface area contributed by atoms with Crippen molar-refractivity contribution in [1.29, 1.82) is 0 Å². The second kappa shape index (κ2) is 11.4. The minimum Gasteiger partial charge on any atom is -0.497 e. The number of urea groups is 1. The van der Waals surface area contributed by atoms with E-state index in [1.165, 1.54) is 0 Å². The molecule has 0 radical (unpaired) electrons. The molecule has 33 heavy (non-hydrogen) atoms. The van der Waals surface area contributed by atoms with Crippen molar-refractivity contribution in [3.8, 4) is 28.6 Å². The third-order valence-electron chi connectivity index (χ3n) is 5.65. The summed E-state index contributed by atoms with van der Waals surface area (Å²) >= 11 is 0. The molecule has 176 valence electrons. The Morgan fingerprint density at radius 3 is 2.36 bits per heavy atom. The normalized spacial score (nSPS) is 11.7. The fourth-order valence-corrected chi connectivity index (χ4v) is 3.56. The zero-order valence-electron chi connectivity index (χ0n) is 20.2. The molecule has 0 saturated heterocycles. The van der Waals surface area contributed by atoms with Gasteiger partial charge in [0.1, 0.15) is 17.2 Å². The van der Waals surface area contributed by atoms with Gasteiger partial charge in [-0.25, -0.2) is 9.48 Å². The molecule has 0 aliphatic carbocycles. The molecule has 0 aliphatic heterocycles. The first-order valence-electron chi connectivity index (χ1n) is 11.5. The van der Waals surface area contributed by atoms with Crippen molar-refractivity contribution in [2.75, 3.05) is 13.7 Å². The number of carbonyl (C=O) groups excluding carboxylic acids is 1. The molecule has 0 saturated carbocycles. The van der Waals surface area contributed by atoms with Crippen molar-refractivity contribution in [2.24, 2.45) is 7.05 Å². The number of hydrogen-bond donors (Lipinski definition) is 1. The molecule has 0 aliphatic rings. The highest BCUT2D eigenvalue weighted by atomic mass is 16.5. The lowest BCUT2D eigenvalue weighted by Gasteiger charge is -2.29. The summed E-state index contributed by atoms with van der Waals surface area (Å²) in [6, 6.07) is 17.4. The van der Waals surface area contributed by atoms with Crippen LogP contribution in [0.2, 0.25) is 0 Å². The number of hydrogen-bond acceptors (Lipinski definition) is 4. The molecule has 1 atom stereocenters. The van der Waals surface area contributed by atoms with Crippen LogP contribution >= 0.6 is 0 Å². The number of aromatic nitrogens is 2. The van der Waals surface area contributed by atoms with Crippen molar-refractivity contribution >= 4 is 6.03 Å². The van der Waals surface area contributed by atoms with Gasteiger partial charge >= 0.3 is 6.03 Å². The van der Waals surface area contributed by atoms with Crippen molar-refractivity contribution in [3.05, 3.63) is 60.2 Å². The quantitative estimate of drug-likeness (QED) is 0.436. The molecule has 1 aromatic heterocycles. The SMILES string of the molecule is CCCNC(=O)N(Cc1c(-c2ccccc2)nn(C)c1Oc1ccc(OC)cc1)[C@@H](C)CC.